The Morgan fingerprint density at radius 3 is 2.35 bits per heavy atom. The van der Waals surface area contributed by atoms with Gasteiger partial charge in [-0.2, -0.15) is 0 Å². The van der Waals surface area contributed by atoms with Gasteiger partial charge in [0.2, 0.25) is 5.91 Å². The predicted octanol–water partition coefficient (Wildman–Crippen LogP) is 3.51. The zero-order valence-corrected chi connectivity index (χ0v) is 16.9. The summed E-state index contributed by atoms with van der Waals surface area (Å²) in [6.45, 7) is 13.2. The maximum Gasteiger partial charge on any atom is 0.231 e. The first-order valence-electron chi connectivity index (χ1n) is 9.78. The molecule has 5 heteroatoms. The second kappa shape index (κ2) is 12.6. The fourth-order valence-electron chi connectivity index (χ4n) is 3.02. The maximum atomic E-state index is 11.7. The van der Waals surface area contributed by atoms with Crippen molar-refractivity contribution >= 4 is 17.4 Å². The molecule has 0 bridgehead atoms. The van der Waals surface area contributed by atoms with Crippen molar-refractivity contribution in [2.75, 3.05) is 31.5 Å². The molecule has 0 aliphatic rings. The summed E-state index contributed by atoms with van der Waals surface area (Å²) >= 11 is 0. The molecule has 0 spiro atoms. The number of Topliss-reactive ketones (excluding diaryl/α,β-unsaturated/α-hetero) is 1. The van der Waals surface area contributed by atoms with E-state index in [4.69, 9.17) is 0 Å². The molecule has 146 valence electrons. The largest absolute Gasteiger partial charge is 0.325 e. The number of aryl methyl sites for hydroxylation is 1. The van der Waals surface area contributed by atoms with Crippen LogP contribution in [0.4, 0.5) is 5.69 Å². The number of carbonyl (C=O) groups is 2. The summed E-state index contributed by atoms with van der Waals surface area (Å²) in [5.74, 6) is -0.382. The molecule has 0 heterocycles. The van der Waals surface area contributed by atoms with Crippen LogP contribution >= 0.6 is 0 Å². The van der Waals surface area contributed by atoms with Crippen LogP contribution in [-0.4, -0.2) is 42.8 Å². The van der Waals surface area contributed by atoms with Crippen molar-refractivity contribution in [3.8, 4) is 0 Å². The summed E-state index contributed by atoms with van der Waals surface area (Å²) in [4.78, 5) is 25.2. The van der Waals surface area contributed by atoms with E-state index in [9.17, 15) is 9.59 Å². The second-order valence-electron chi connectivity index (χ2n) is 6.95. The summed E-state index contributed by atoms with van der Waals surface area (Å²) in [5, 5.41) is 6.29. The third kappa shape index (κ3) is 9.11. The topological polar surface area (TPSA) is 61.4 Å². The van der Waals surface area contributed by atoms with E-state index < -0.39 is 0 Å². The highest BCUT2D eigenvalue weighted by Gasteiger charge is 2.08. The van der Waals surface area contributed by atoms with Gasteiger partial charge in [0.15, 0.2) is 0 Å². The summed E-state index contributed by atoms with van der Waals surface area (Å²) in [7, 11) is 0. The van der Waals surface area contributed by atoms with Crippen molar-refractivity contribution in [2.24, 2.45) is 0 Å². The number of rotatable bonds is 13. The molecule has 26 heavy (non-hydrogen) atoms. The zero-order valence-electron chi connectivity index (χ0n) is 16.9. The van der Waals surface area contributed by atoms with Crippen LogP contribution in [0, 0.1) is 6.92 Å². The molecule has 2 N–H and O–H groups in total. The minimum absolute atomic E-state index is 0.0736. The van der Waals surface area contributed by atoms with Gasteiger partial charge >= 0.3 is 0 Å². The number of ketones is 1. The Kier molecular flexibility index (Phi) is 10.8. The van der Waals surface area contributed by atoms with Crippen molar-refractivity contribution in [3.05, 3.63) is 29.3 Å². The molecule has 0 unspecified atom stereocenters. The lowest BCUT2D eigenvalue weighted by molar-refractivity contribution is -0.124. The van der Waals surface area contributed by atoms with Crippen molar-refractivity contribution in [1.82, 2.24) is 10.2 Å². The number of carbonyl (C=O) groups excluding carboxylic acids is 2. The first-order valence-corrected chi connectivity index (χ1v) is 9.78. The first-order chi connectivity index (χ1) is 12.5. The SMILES string of the molecule is CCCN(CCC)CCCNCc1ccc(NC(=O)CC(C)=O)c(C)c1. The second-order valence-corrected chi connectivity index (χ2v) is 6.95. The lowest BCUT2D eigenvalue weighted by Gasteiger charge is -2.20. The van der Waals surface area contributed by atoms with Crippen LogP contribution in [-0.2, 0) is 16.1 Å². The van der Waals surface area contributed by atoms with E-state index in [1.807, 2.05) is 19.1 Å². The van der Waals surface area contributed by atoms with Crippen molar-refractivity contribution in [2.45, 2.75) is 59.9 Å². The number of benzene rings is 1. The summed E-state index contributed by atoms with van der Waals surface area (Å²) < 4.78 is 0. The standard InChI is InChI=1S/C21H35N3O2/c1-5-11-24(12-6-2)13-7-10-22-16-19-8-9-20(17(3)14-19)23-21(26)15-18(4)25/h8-9,14,22H,5-7,10-13,15-16H2,1-4H3,(H,23,26). The van der Waals surface area contributed by atoms with Gasteiger partial charge in [-0.3, -0.25) is 9.59 Å². The molecular weight excluding hydrogens is 326 g/mol. The number of hydrogen-bond acceptors (Lipinski definition) is 4. The lowest BCUT2D eigenvalue weighted by atomic mass is 10.1. The Morgan fingerprint density at radius 1 is 1.08 bits per heavy atom. The van der Waals surface area contributed by atoms with Crippen LogP contribution in [0.1, 0.15) is 57.6 Å². The number of nitrogens with zero attached hydrogens (tertiary/aromatic N) is 1. The molecule has 0 radical (unpaired) electrons. The molecule has 0 aliphatic heterocycles. The van der Waals surface area contributed by atoms with E-state index in [-0.39, 0.29) is 18.1 Å². The Hall–Kier alpha value is -1.72. The molecule has 0 atom stereocenters. The monoisotopic (exact) mass is 361 g/mol. The maximum absolute atomic E-state index is 11.7. The minimum atomic E-state index is -0.254. The number of amides is 1. The van der Waals surface area contributed by atoms with Gasteiger partial charge in [-0.1, -0.05) is 26.0 Å². The summed E-state index contributed by atoms with van der Waals surface area (Å²) in [6, 6.07) is 6.01. The number of anilines is 1. The Labute approximate surface area is 158 Å². The molecule has 5 nitrogen and oxygen atoms in total. The normalized spacial score (nSPS) is 11.0. The average molecular weight is 362 g/mol. The van der Waals surface area contributed by atoms with Gasteiger partial charge in [0.25, 0.3) is 0 Å². The van der Waals surface area contributed by atoms with Gasteiger partial charge in [0, 0.05) is 12.2 Å². The van der Waals surface area contributed by atoms with E-state index in [1.54, 1.807) is 0 Å². The highest BCUT2D eigenvalue weighted by Crippen LogP contribution is 2.17. The Bertz CT molecular complexity index is 566. The van der Waals surface area contributed by atoms with Crippen molar-refractivity contribution < 1.29 is 9.59 Å². The van der Waals surface area contributed by atoms with Gasteiger partial charge < -0.3 is 15.5 Å². The lowest BCUT2D eigenvalue weighted by Crippen LogP contribution is -2.29. The third-order valence-corrected chi connectivity index (χ3v) is 4.21. The van der Waals surface area contributed by atoms with Crippen LogP contribution in [0.15, 0.2) is 18.2 Å². The zero-order chi connectivity index (χ0) is 19.4. The molecule has 1 aromatic carbocycles. The van der Waals surface area contributed by atoms with E-state index in [0.29, 0.717) is 0 Å². The molecule has 0 aliphatic carbocycles. The van der Waals surface area contributed by atoms with E-state index in [2.05, 4.69) is 35.4 Å². The fraction of sp³-hybridized carbons (Fsp3) is 0.619. The predicted molar refractivity (Wildman–Crippen MR) is 108 cm³/mol. The smallest absolute Gasteiger partial charge is 0.231 e. The van der Waals surface area contributed by atoms with Gasteiger partial charge in [-0.05, 0) is 76.5 Å². The third-order valence-electron chi connectivity index (χ3n) is 4.21. The minimum Gasteiger partial charge on any atom is -0.325 e. The van der Waals surface area contributed by atoms with Gasteiger partial charge in [-0.15, -0.1) is 0 Å². The molecule has 0 fully saturated rings. The molecule has 1 rings (SSSR count). The van der Waals surface area contributed by atoms with Gasteiger partial charge in [-0.25, -0.2) is 0 Å². The Balaban J connectivity index is 2.36. The molecule has 0 saturated carbocycles. The van der Waals surface area contributed by atoms with Crippen LogP contribution in [0.25, 0.3) is 0 Å². The molecule has 0 saturated heterocycles. The fourth-order valence-corrected chi connectivity index (χ4v) is 3.02. The van der Waals surface area contributed by atoms with E-state index in [0.717, 1.165) is 37.3 Å². The number of hydrogen-bond donors (Lipinski definition) is 2. The van der Waals surface area contributed by atoms with E-state index >= 15 is 0 Å². The Morgan fingerprint density at radius 2 is 1.77 bits per heavy atom. The number of nitrogens with one attached hydrogen (secondary N) is 2. The van der Waals surface area contributed by atoms with Crippen LogP contribution in [0.5, 0.6) is 0 Å². The van der Waals surface area contributed by atoms with Gasteiger partial charge in [0.05, 0.1) is 6.42 Å². The highest BCUT2D eigenvalue weighted by atomic mass is 16.2. The quantitative estimate of drug-likeness (QED) is 0.417. The van der Waals surface area contributed by atoms with Crippen LogP contribution in [0.3, 0.4) is 0 Å². The van der Waals surface area contributed by atoms with Gasteiger partial charge in [0.1, 0.15) is 5.78 Å². The van der Waals surface area contributed by atoms with E-state index in [1.165, 1.54) is 38.4 Å². The molecule has 1 aromatic rings. The summed E-state index contributed by atoms with van der Waals surface area (Å²) in [5.41, 5.74) is 2.99. The average Bonchev–Trinajstić information content (AvgIpc) is 2.56. The molecule has 0 aromatic heterocycles. The highest BCUT2D eigenvalue weighted by molar-refractivity contribution is 6.03. The molecule has 1 amide bonds. The van der Waals surface area contributed by atoms with Crippen molar-refractivity contribution in [3.63, 3.8) is 0 Å². The summed E-state index contributed by atoms with van der Waals surface area (Å²) in [6.07, 6.45) is 3.50. The van der Waals surface area contributed by atoms with Crippen LogP contribution in [0.2, 0.25) is 0 Å². The first kappa shape index (κ1) is 22.3. The molecular formula is C21H35N3O2. The van der Waals surface area contributed by atoms with Crippen molar-refractivity contribution in [1.29, 1.82) is 0 Å². The van der Waals surface area contributed by atoms with Crippen LogP contribution < -0.4 is 10.6 Å².